The van der Waals surface area contributed by atoms with E-state index >= 15 is 0 Å². The molecule has 0 rings (SSSR count). The number of aliphatic hydroxyl groups excluding tert-OH is 1. The van der Waals surface area contributed by atoms with Gasteiger partial charge in [0, 0.05) is 19.3 Å². The lowest BCUT2D eigenvalue weighted by molar-refractivity contribution is -0.161. The molecule has 1 N–H and O–H groups in total. The van der Waals surface area contributed by atoms with Crippen LogP contribution in [0.2, 0.25) is 0 Å². The number of hydrogen-bond acceptors (Lipinski definition) is 6. The molecule has 288 valence electrons. The molecule has 2 atom stereocenters. The molecule has 0 aliphatic heterocycles. The van der Waals surface area contributed by atoms with Crippen molar-refractivity contribution in [3.63, 3.8) is 0 Å². The van der Waals surface area contributed by atoms with Crippen LogP contribution in [0.4, 0.5) is 0 Å². The van der Waals surface area contributed by atoms with Gasteiger partial charge in [-0.05, 0) is 50.5 Å². The standard InChI is InChI=1S/C44H76O6/c1-4-6-28-34-41(46)35-30-25-21-17-13-11-15-18-22-26-31-36-43(47)49-39-42(38-45)50-44(48)37-32-27-23-19-14-10-8-7-9-12-16-20-24-29-33-40(3)5-2/h11,13,18,21-22,25,30,35,40,42,45H,4-10,12,14-17,19-20,23-24,26-29,31-34,36-39H2,1-3H3/b13-11-,22-18-,25-21-,35-30+/t40?,42-/m0/s1. The SMILES string of the molecule is CCCCCC(=O)/C=C/C=C\C/C=C\C/C=C\CCCC(=O)OC[C@H](CO)OC(=O)CCCCCCCCCCCCCCCCC(C)CC. The third-order valence-corrected chi connectivity index (χ3v) is 9.14. The normalized spacial score (nSPS) is 13.2. The Balaban J connectivity index is 3.68. The van der Waals surface area contributed by atoms with Crippen LogP contribution >= 0.6 is 0 Å². The highest BCUT2D eigenvalue weighted by molar-refractivity contribution is 5.89. The smallest absolute Gasteiger partial charge is 0.306 e. The average Bonchev–Trinajstić information content (AvgIpc) is 3.11. The maximum atomic E-state index is 12.2. The van der Waals surface area contributed by atoms with Crippen molar-refractivity contribution in [1.82, 2.24) is 0 Å². The summed E-state index contributed by atoms with van der Waals surface area (Å²) >= 11 is 0. The van der Waals surface area contributed by atoms with E-state index in [-0.39, 0.29) is 37.4 Å². The Hall–Kier alpha value is -2.47. The van der Waals surface area contributed by atoms with Crippen molar-refractivity contribution in [2.75, 3.05) is 13.2 Å². The lowest BCUT2D eigenvalue weighted by Gasteiger charge is -2.15. The summed E-state index contributed by atoms with van der Waals surface area (Å²) in [5.41, 5.74) is 0. The summed E-state index contributed by atoms with van der Waals surface area (Å²) in [4.78, 5) is 35.9. The summed E-state index contributed by atoms with van der Waals surface area (Å²) in [6.07, 6.45) is 42.9. The second-order valence-corrected chi connectivity index (χ2v) is 14.0. The second-order valence-electron chi connectivity index (χ2n) is 14.0. The Morgan fingerprint density at radius 3 is 1.74 bits per heavy atom. The highest BCUT2D eigenvalue weighted by atomic mass is 16.6. The van der Waals surface area contributed by atoms with Gasteiger partial charge in [-0.3, -0.25) is 14.4 Å². The Morgan fingerprint density at radius 2 is 1.14 bits per heavy atom. The van der Waals surface area contributed by atoms with Gasteiger partial charge in [0.25, 0.3) is 0 Å². The molecule has 0 aromatic carbocycles. The topological polar surface area (TPSA) is 89.9 Å². The average molecular weight is 701 g/mol. The van der Waals surface area contributed by atoms with Gasteiger partial charge >= 0.3 is 11.9 Å². The van der Waals surface area contributed by atoms with Crippen molar-refractivity contribution in [2.24, 2.45) is 5.92 Å². The van der Waals surface area contributed by atoms with E-state index in [2.05, 4.69) is 45.1 Å². The number of carbonyl (C=O) groups excluding carboxylic acids is 3. The molecule has 0 aliphatic rings. The van der Waals surface area contributed by atoms with Crippen molar-refractivity contribution in [2.45, 2.75) is 194 Å². The first-order valence-electron chi connectivity index (χ1n) is 20.5. The molecule has 0 aromatic rings. The first-order chi connectivity index (χ1) is 24.4. The van der Waals surface area contributed by atoms with E-state index in [9.17, 15) is 19.5 Å². The predicted octanol–water partition coefficient (Wildman–Crippen LogP) is 12.0. The Kier molecular flexibility index (Phi) is 35.9. The lowest BCUT2D eigenvalue weighted by atomic mass is 9.99. The van der Waals surface area contributed by atoms with E-state index in [4.69, 9.17) is 9.47 Å². The zero-order valence-electron chi connectivity index (χ0n) is 32.6. The molecule has 0 saturated heterocycles. The summed E-state index contributed by atoms with van der Waals surface area (Å²) in [7, 11) is 0. The molecule has 0 spiro atoms. The summed E-state index contributed by atoms with van der Waals surface area (Å²) in [6.45, 7) is 6.31. The number of aliphatic hydroxyl groups is 1. The Bertz CT molecular complexity index is 917. The molecule has 1 unspecified atom stereocenters. The zero-order valence-corrected chi connectivity index (χ0v) is 32.6. The fraction of sp³-hybridized carbons (Fsp3) is 0.750. The maximum absolute atomic E-state index is 12.2. The molecular formula is C44H76O6. The van der Waals surface area contributed by atoms with Crippen LogP contribution in [-0.4, -0.2) is 42.1 Å². The number of carbonyl (C=O) groups is 3. The van der Waals surface area contributed by atoms with Crippen molar-refractivity contribution >= 4 is 17.7 Å². The molecule has 0 amide bonds. The van der Waals surface area contributed by atoms with Crippen LogP contribution in [0.25, 0.3) is 0 Å². The van der Waals surface area contributed by atoms with E-state index in [1.54, 1.807) is 6.08 Å². The minimum atomic E-state index is -0.809. The molecule has 0 heterocycles. The van der Waals surface area contributed by atoms with Crippen LogP contribution in [0.1, 0.15) is 188 Å². The van der Waals surface area contributed by atoms with Crippen molar-refractivity contribution in [1.29, 1.82) is 0 Å². The Morgan fingerprint density at radius 1 is 0.600 bits per heavy atom. The molecule has 0 aliphatic carbocycles. The lowest BCUT2D eigenvalue weighted by Crippen LogP contribution is -2.28. The largest absolute Gasteiger partial charge is 0.462 e. The van der Waals surface area contributed by atoms with Gasteiger partial charge in [-0.1, -0.05) is 172 Å². The third kappa shape index (κ3) is 35.4. The first-order valence-corrected chi connectivity index (χ1v) is 20.5. The van der Waals surface area contributed by atoms with Crippen LogP contribution < -0.4 is 0 Å². The van der Waals surface area contributed by atoms with Gasteiger partial charge in [-0.15, -0.1) is 0 Å². The fourth-order valence-electron chi connectivity index (χ4n) is 5.59. The van der Waals surface area contributed by atoms with E-state index < -0.39 is 6.10 Å². The number of hydrogen-bond donors (Lipinski definition) is 1. The van der Waals surface area contributed by atoms with E-state index in [0.717, 1.165) is 63.7 Å². The van der Waals surface area contributed by atoms with E-state index in [0.29, 0.717) is 19.3 Å². The van der Waals surface area contributed by atoms with Gasteiger partial charge in [0.05, 0.1) is 6.61 Å². The Labute approximate surface area is 307 Å². The monoisotopic (exact) mass is 701 g/mol. The molecule has 6 heteroatoms. The van der Waals surface area contributed by atoms with Gasteiger partial charge in [0.15, 0.2) is 11.9 Å². The number of ether oxygens (including phenoxy) is 2. The molecular weight excluding hydrogens is 624 g/mol. The zero-order chi connectivity index (χ0) is 36.8. The van der Waals surface area contributed by atoms with Crippen LogP contribution in [0.3, 0.4) is 0 Å². The van der Waals surface area contributed by atoms with Gasteiger partial charge in [0.1, 0.15) is 6.61 Å². The summed E-state index contributed by atoms with van der Waals surface area (Å²) < 4.78 is 10.6. The van der Waals surface area contributed by atoms with Gasteiger partial charge in [-0.25, -0.2) is 0 Å². The van der Waals surface area contributed by atoms with Gasteiger partial charge < -0.3 is 14.6 Å². The highest BCUT2D eigenvalue weighted by Gasteiger charge is 2.16. The molecule has 0 fully saturated rings. The van der Waals surface area contributed by atoms with E-state index in [1.165, 1.54) is 83.5 Å². The molecule has 50 heavy (non-hydrogen) atoms. The summed E-state index contributed by atoms with van der Waals surface area (Å²) in [5, 5.41) is 9.56. The predicted molar refractivity (Wildman–Crippen MR) is 210 cm³/mol. The van der Waals surface area contributed by atoms with Crippen LogP contribution in [0, 0.1) is 5.92 Å². The number of esters is 2. The van der Waals surface area contributed by atoms with Crippen molar-refractivity contribution < 1.29 is 29.0 Å². The number of allylic oxidation sites excluding steroid dienone is 8. The minimum absolute atomic E-state index is 0.112. The number of unbranched alkanes of at least 4 members (excludes halogenated alkanes) is 16. The van der Waals surface area contributed by atoms with E-state index in [1.807, 2.05) is 18.2 Å². The van der Waals surface area contributed by atoms with Crippen LogP contribution in [0.5, 0.6) is 0 Å². The highest BCUT2D eigenvalue weighted by Crippen LogP contribution is 2.16. The maximum Gasteiger partial charge on any atom is 0.306 e. The third-order valence-electron chi connectivity index (χ3n) is 9.14. The minimum Gasteiger partial charge on any atom is -0.462 e. The molecule has 0 radical (unpaired) electrons. The van der Waals surface area contributed by atoms with Gasteiger partial charge in [-0.2, -0.15) is 0 Å². The first kappa shape index (κ1) is 47.5. The fourth-order valence-corrected chi connectivity index (χ4v) is 5.59. The molecule has 0 aromatic heterocycles. The summed E-state index contributed by atoms with van der Waals surface area (Å²) in [5.74, 6) is 0.393. The second kappa shape index (κ2) is 37.8. The molecule has 0 saturated carbocycles. The number of ketones is 1. The van der Waals surface area contributed by atoms with Gasteiger partial charge in [0.2, 0.25) is 0 Å². The molecule has 0 bridgehead atoms. The molecule has 6 nitrogen and oxygen atoms in total. The summed E-state index contributed by atoms with van der Waals surface area (Å²) in [6, 6.07) is 0. The quantitative estimate of drug-likeness (QED) is 0.0230. The van der Waals surface area contributed by atoms with Crippen LogP contribution in [-0.2, 0) is 23.9 Å². The van der Waals surface area contributed by atoms with Crippen molar-refractivity contribution in [3.8, 4) is 0 Å². The number of rotatable bonds is 36. The van der Waals surface area contributed by atoms with Crippen LogP contribution in [0.15, 0.2) is 48.6 Å². The van der Waals surface area contributed by atoms with Crippen molar-refractivity contribution in [3.05, 3.63) is 48.6 Å².